The first kappa shape index (κ1) is 41.0. The number of aliphatic hydroxyl groups excluding tert-OH is 1. The summed E-state index contributed by atoms with van der Waals surface area (Å²) in [6.07, 6.45) is 3.23. The summed E-state index contributed by atoms with van der Waals surface area (Å²) >= 11 is 1.58. The van der Waals surface area contributed by atoms with Gasteiger partial charge in [0.25, 0.3) is 0 Å². The van der Waals surface area contributed by atoms with Gasteiger partial charge >= 0.3 is 0 Å². The van der Waals surface area contributed by atoms with Crippen LogP contribution in [-0.4, -0.2) is 79.8 Å². The van der Waals surface area contributed by atoms with E-state index in [0.717, 1.165) is 38.2 Å². The summed E-state index contributed by atoms with van der Waals surface area (Å²) in [6.45, 7) is 8.09. The van der Waals surface area contributed by atoms with Gasteiger partial charge in [-0.1, -0.05) is 87.5 Å². The van der Waals surface area contributed by atoms with Crippen molar-refractivity contribution in [1.82, 2.24) is 30.5 Å². The maximum absolute atomic E-state index is 14.0. The van der Waals surface area contributed by atoms with E-state index in [1.165, 1.54) is 4.90 Å². The molecule has 1 saturated heterocycles. The van der Waals surface area contributed by atoms with Crippen LogP contribution in [0.4, 0.5) is 0 Å². The number of nitrogens with zero attached hydrogens (tertiary/aromatic N) is 3. The molecule has 304 valence electrons. The van der Waals surface area contributed by atoms with Crippen molar-refractivity contribution in [2.45, 2.75) is 71.7 Å². The summed E-state index contributed by atoms with van der Waals surface area (Å²) in [5.74, 6) is -0.525. The Morgan fingerprint density at radius 1 is 0.966 bits per heavy atom. The molecule has 0 bridgehead atoms. The summed E-state index contributed by atoms with van der Waals surface area (Å²) in [4.78, 5) is 68.3. The van der Waals surface area contributed by atoms with Gasteiger partial charge in [0.05, 0.1) is 28.8 Å². The molecule has 3 amide bonds. The highest BCUT2D eigenvalue weighted by Gasteiger charge is 2.44. The average Bonchev–Trinajstić information content (AvgIpc) is 3.98. The number of aliphatic hydroxyl groups is 1. The van der Waals surface area contributed by atoms with Crippen LogP contribution in [0.5, 0.6) is 5.75 Å². The number of carbonyl (C=O) groups is 4. The van der Waals surface area contributed by atoms with Crippen molar-refractivity contribution in [2.75, 3.05) is 13.2 Å². The number of benzene rings is 3. The van der Waals surface area contributed by atoms with Crippen molar-refractivity contribution >= 4 is 45.9 Å². The molecule has 1 aliphatic rings. The maximum atomic E-state index is 14.0. The first-order valence-corrected chi connectivity index (χ1v) is 20.6. The van der Waals surface area contributed by atoms with Crippen LogP contribution >= 0.6 is 11.3 Å². The number of amides is 3. The summed E-state index contributed by atoms with van der Waals surface area (Å²) in [6, 6.07) is 24.7. The normalized spacial score (nSPS) is 15.8. The number of nitrogens with one attached hydrogen (secondary N) is 3. The molecule has 59 heavy (non-hydrogen) atoms. The van der Waals surface area contributed by atoms with Crippen LogP contribution in [0.15, 0.2) is 103 Å². The summed E-state index contributed by atoms with van der Waals surface area (Å²) in [5.41, 5.74) is 7.62. The second kappa shape index (κ2) is 17.8. The van der Waals surface area contributed by atoms with Crippen LogP contribution in [0.25, 0.3) is 32.6 Å². The number of carbonyl (C=O) groups excluding carboxylic acids is 4. The SMILES string of the molecule is Cc1ncsc1-c1ccc(CNC(=O)[C@@H]2C[C@@H](O)CN2C(=O)C(NC(=O)CCCOc2ccc(-c3cnc4[nH]cc(C(=O)c5ccccc5)c4c3)cc2)C(C)(C)C)cc1. The number of hydrogen-bond donors (Lipinski definition) is 4. The highest BCUT2D eigenvalue weighted by Crippen LogP contribution is 2.30. The lowest BCUT2D eigenvalue weighted by molar-refractivity contribution is -0.144. The van der Waals surface area contributed by atoms with E-state index in [2.05, 4.69) is 25.6 Å². The number of thiazole rings is 1. The summed E-state index contributed by atoms with van der Waals surface area (Å²) in [7, 11) is 0. The Morgan fingerprint density at radius 2 is 1.69 bits per heavy atom. The van der Waals surface area contributed by atoms with E-state index in [0.29, 0.717) is 28.9 Å². The first-order valence-electron chi connectivity index (χ1n) is 19.7. The number of aryl methyl sites for hydroxylation is 1. The highest BCUT2D eigenvalue weighted by atomic mass is 32.1. The van der Waals surface area contributed by atoms with E-state index < -0.39 is 29.5 Å². The van der Waals surface area contributed by atoms with Crippen LogP contribution in [-0.2, 0) is 20.9 Å². The van der Waals surface area contributed by atoms with Crippen LogP contribution in [0, 0.1) is 12.3 Å². The standard InChI is InChI=1S/C46H48N6O6S/c1-28-41(59-27-50-28)32-14-12-29(13-15-32)23-49-44(56)38-22-34(53)26-52(38)45(57)42(46(2,3)4)51-39(54)11-8-20-58-35-18-16-30(17-19-35)33-21-36-37(25-48-43(36)47-24-33)40(55)31-9-6-5-7-10-31/h5-7,9-10,12-19,21,24-25,27,34,38,42,53H,8,11,20,22-23,26H2,1-4H3,(H,47,48)(H,49,56)(H,51,54)/t34-,38+,42?/m1/s1. The fourth-order valence-electron chi connectivity index (χ4n) is 7.27. The second-order valence-electron chi connectivity index (χ2n) is 15.9. The summed E-state index contributed by atoms with van der Waals surface area (Å²) in [5, 5.41) is 17.2. The number of rotatable bonds is 14. The largest absolute Gasteiger partial charge is 0.494 e. The number of ketones is 1. The van der Waals surface area contributed by atoms with E-state index in [-0.39, 0.29) is 50.1 Å². The molecule has 0 radical (unpaired) electrons. The number of H-pyrrole nitrogens is 1. The first-order chi connectivity index (χ1) is 28.4. The Hall–Kier alpha value is -6.18. The average molecular weight is 813 g/mol. The van der Waals surface area contributed by atoms with Crippen molar-refractivity contribution in [3.8, 4) is 27.3 Å². The third-order valence-corrected chi connectivity index (χ3v) is 11.5. The predicted octanol–water partition coefficient (Wildman–Crippen LogP) is 6.86. The molecule has 3 aromatic carbocycles. The third-order valence-electron chi connectivity index (χ3n) is 10.5. The predicted molar refractivity (Wildman–Crippen MR) is 228 cm³/mol. The van der Waals surface area contributed by atoms with Crippen molar-refractivity contribution in [3.63, 3.8) is 0 Å². The van der Waals surface area contributed by atoms with E-state index in [9.17, 15) is 24.3 Å². The zero-order chi connectivity index (χ0) is 41.7. The van der Waals surface area contributed by atoms with Gasteiger partial charge in [0.15, 0.2) is 5.78 Å². The number of hydrogen-bond acceptors (Lipinski definition) is 9. The van der Waals surface area contributed by atoms with Gasteiger partial charge in [-0.2, -0.15) is 0 Å². The minimum atomic E-state index is -0.917. The Labute approximate surface area is 347 Å². The van der Waals surface area contributed by atoms with Crippen molar-refractivity contribution in [1.29, 1.82) is 0 Å². The molecule has 12 nitrogen and oxygen atoms in total. The molecular formula is C46H48N6O6S. The minimum Gasteiger partial charge on any atom is -0.494 e. The van der Waals surface area contributed by atoms with E-state index in [4.69, 9.17) is 4.74 Å². The highest BCUT2D eigenvalue weighted by molar-refractivity contribution is 7.13. The zero-order valence-corrected chi connectivity index (χ0v) is 34.3. The van der Waals surface area contributed by atoms with Crippen LogP contribution < -0.4 is 15.4 Å². The minimum absolute atomic E-state index is 0.00110. The number of aromatic amines is 1. The van der Waals surface area contributed by atoms with Gasteiger partial charge in [-0.05, 0) is 53.6 Å². The van der Waals surface area contributed by atoms with E-state index in [1.54, 1.807) is 35.9 Å². The Morgan fingerprint density at radius 3 is 2.39 bits per heavy atom. The number of ether oxygens (including phenoxy) is 1. The Bertz CT molecular complexity index is 2440. The van der Waals surface area contributed by atoms with Crippen molar-refractivity contribution in [3.05, 3.63) is 125 Å². The Balaban J connectivity index is 0.902. The molecule has 4 N–H and O–H groups in total. The zero-order valence-electron chi connectivity index (χ0n) is 33.5. The number of pyridine rings is 1. The molecule has 3 aromatic heterocycles. The molecule has 6 aromatic rings. The van der Waals surface area contributed by atoms with Crippen molar-refractivity contribution in [2.24, 2.45) is 5.41 Å². The fourth-order valence-corrected chi connectivity index (χ4v) is 8.09. The van der Waals surface area contributed by atoms with Crippen molar-refractivity contribution < 1.29 is 29.0 Å². The topological polar surface area (TPSA) is 167 Å². The van der Waals surface area contributed by atoms with Gasteiger partial charge in [0.1, 0.15) is 23.5 Å². The van der Waals surface area contributed by atoms with E-state index >= 15 is 0 Å². The monoisotopic (exact) mass is 812 g/mol. The molecule has 0 aliphatic carbocycles. The lowest BCUT2D eigenvalue weighted by Crippen LogP contribution is -2.57. The van der Waals surface area contributed by atoms with Crippen LogP contribution in [0.3, 0.4) is 0 Å². The Kier molecular flexibility index (Phi) is 12.3. The number of fused-ring (bicyclic) bond motifs is 1. The van der Waals surface area contributed by atoms with Crippen LogP contribution in [0.1, 0.15) is 67.2 Å². The van der Waals surface area contributed by atoms with Gasteiger partial charge in [-0.25, -0.2) is 9.97 Å². The van der Waals surface area contributed by atoms with Gasteiger partial charge < -0.3 is 30.4 Å². The molecule has 0 spiro atoms. The van der Waals surface area contributed by atoms with E-state index in [1.807, 2.05) is 106 Å². The number of aromatic nitrogens is 3. The fraction of sp³-hybridized carbons (Fsp3) is 0.304. The second-order valence-corrected chi connectivity index (χ2v) is 16.8. The third kappa shape index (κ3) is 9.59. The van der Waals surface area contributed by atoms with Gasteiger partial charge in [-0.15, -0.1) is 11.3 Å². The number of likely N-dealkylation sites (tertiary alicyclic amines) is 1. The molecule has 1 unspecified atom stereocenters. The summed E-state index contributed by atoms with van der Waals surface area (Å²) < 4.78 is 5.95. The molecular weight excluding hydrogens is 765 g/mol. The molecule has 7 rings (SSSR count). The molecule has 13 heteroatoms. The molecule has 0 saturated carbocycles. The number of β-amino-alcohol motifs (C(OH)–C–C–N with tert-alkyl or cyclic N) is 1. The maximum Gasteiger partial charge on any atom is 0.246 e. The quantitative estimate of drug-likeness (QED) is 0.0684. The van der Waals surface area contributed by atoms with Crippen LogP contribution in [0.2, 0.25) is 0 Å². The molecule has 1 aliphatic heterocycles. The molecule has 3 atom stereocenters. The van der Waals surface area contributed by atoms with Gasteiger partial charge in [-0.3, -0.25) is 19.2 Å². The lowest BCUT2D eigenvalue weighted by Gasteiger charge is -2.35. The smallest absolute Gasteiger partial charge is 0.246 e. The lowest BCUT2D eigenvalue weighted by atomic mass is 9.85. The van der Waals surface area contributed by atoms with Gasteiger partial charge in [0.2, 0.25) is 17.7 Å². The molecule has 1 fully saturated rings. The molecule has 4 heterocycles. The van der Waals surface area contributed by atoms with Gasteiger partial charge in [0, 0.05) is 60.4 Å².